The van der Waals surface area contributed by atoms with Gasteiger partial charge in [0.1, 0.15) is 12.6 Å². The van der Waals surface area contributed by atoms with Crippen molar-refractivity contribution in [2.75, 3.05) is 6.61 Å². The van der Waals surface area contributed by atoms with Crippen molar-refractivity contribution < 1.29 is 14.3 Å². The second kappa shape index (κ2) is 7.07. The molecule has 4 heteroatoms. The Morgan fingerprint density at radius 1 is 1.29 bits per heavy atom. The number of nitrogens with zero attached hydrogens (tertiary/aromatic N) is 1. The first-order chi connectivity index (χ1) is 10.1. The fourth-order valence-electron chi connectivity index (χ4n) is 2.44. The van der Waals surface area contributed by atoms with Crippen molar-refractivity contribution >= 4 is 12.0 Å². The van der Waals surface area contributed by atoms with Crippen LogP contribution in [0.4, 0.5) is 4.79 Å². The minimum atomic E-state index is -0.534. The quantitative estimate of drug-likeness (QED) is 0.590. The van der Waals surface area contributed by atoms with Gasteiger partial charge in [-0.1, -0.05) is 35.9 Å². The van der Waals surface area contributed by atoms with E-state index in [0.29, 0.717) is 6.42 Å². The summed E-state index contributed by atoms with van der Waals surface area (Å²) >= 11 is 0. The van der Waals surface area contributed by atoms with E-state index in [1.54, 1.807) is 0 Å². The number of hydrogen-bond acceptors (Lipinski definition) is 3. The molecule has 2 amide bonds. The predicted octanol–water partition coefficient (Wildman–Crippen LogP) is 3.84. The van der Waals surface area contributed by atoms with Gasteiger partial charge in [0.15, 0.2) is 0 Å². The molecule has 1 aromatic rings. The Kier molecular flexibility index (Phi) is 5.14. The first-order valence-electron chi connectivity index (χ1n) is 7.27. The minimum absolute atomic E-state index is 0.159. The van der Waals surface area contributed by atoms with Crippen molar-refractivity contribution in [3.8, 4) is 0 Å². The zero-order valence-corrected chi connectivity index (χ0v) is 12.4. The molecule has 1 aromatic carbocycles. The Balaban J connectivity index is 1.97. The van der Waals surface area contributed by atoms with Crippen molar-refractivity contribution in [2.24, 2.45) is 0 Å². The van der Waals surface area contributed by atoms with Crippen LogP contribution in [0.25, 0.3) is 0 Å². The van der Waals surface area contributed by atoms with Crippen molar-refractivity contribution in [1.82, 2.24) is 4.90 Å². The van der Waals surface area contributed by atoms with E-state index in [1.165, 1.54) is 4.90 Å². The van der Waals surface area contributed by atoms with Crippen molar-refractivity contribution in [3.05, 3.63) is 48.0 Å². The van der Waals surface area contributed by atoms with E-state index in [-0.39, 0.29) is 18.6 Å². The summed E-state index contributed by atoms with van der Waals surface area (Å²) in [6.45, 7) is 6.06. The monoisotopic (exact) mass is 287 g/mol. The van der Waals surface area contributed by atoms with E-state index < -0.39 is 6.09 Å². The molecule has 1 aliphatic heterocycles. The van der Waals surface area contributed by atoms with Gasteiger partial charge in [0.25, 0.3) is 0 Å². The number of hydrogen-bond donors (Lipinski definition) is 0. The third-order valence-corrected chi connectivity index (χ3v) is 3.57. The molecule has 0 unspecified atom stereocenters. The van der Waals surface area contributed by atoms with Gasteiger partial charge in [-0.15, -0.1) is 6.58 Å². The second-order valence-corrected chi connectivity index (χ2v) is 5.43. The van der Waals surface area contributed by atoms with E-state index in [9.17, 15) is 9.59 Å². The lowest BCUT2D eigenvalue weighted by atomic mass is 10.1. The number of carbonyl (C=O) groups is 2. The number of benzene rings is 1. The van der Waals surface area contributed by atoms with Crippen LogP contribution in [0, 0.1) is 0 Å². The zero-order valence-electron chi connectivity index (χ0n) is 12.4. The van der Waals surface area contributed by atoms with Crippen molar-refractivity contribution in [1.29, 1.82) is 0 Å². The molecule has 0 N–H and O–H groups in total. The summed E-state index contributed by atoms with van der Waals surface area (Å²) in [4.78, 5) is 25.4. The predicted molar refractivity (Wildman–Crippen MR) is 80.7 cm³/mol. The van der Waals surface area contributed by atoms with Crippen LogP contribution in [0.15, 0.2) is 42.5 Å². The summed E-state index contributed by atoms with van der Waals surface area (Å²) in [5.41, 5.74) is 2.05. The summed E-state index contributed by atoms with van der Waals surface area (Å²) in [6, 6.07) is 9.22. The van der Waals surface area contributed by atoms with E-state index in [4.69, 9.17) is 4.74 Å². The van der Waals surface area contributed by atoms with Gasteiger partial charge in [0.2, 0.25) is 5.91 Å². The molecule has 0 aromatic heterocycles. The maximum absolute atomic E-state index is 12.3. The Morgan fingerprint density at radius 3 is 2.62 bits per heavy atom. The van der Waals surface area contributed by atoms with Crippen LogP contribution in [0.1, 0.15) is 44.2 Å². The standard InChI is InChI=1S/C17H21NO3/c1-13(2)8-6-7-11-16(19)18-15(12-21-17(18)20)14-9-4-3-5-10-14/h3-5,9-10,15H,1,6-8,11-12H2,2H3/t15-/m1/s1. The smallest absolute Gasteiger partial charge is 0.417 e. The molecule has 1 atom stereocenters. The average molecular weight is 287 g/mol. The number of allylic oxidation sites excluding steroid dienone is 1. The first-order valence-corrected chi connectivity index (χ1v) is 7.27. The summed E-state index contributed by atoms with van der Waals surface area (Å²) in [5.74, 6) is -0.159. The van der Waals surface area contributed by atoms with Crippen LogP contribution in [0.2, 0.25) is 0 Å². The molecular formula is C17H21NO3. The van der Waals surface area contributed by atoms with Gasteiger partial charge in [-0.05, 0) is 31.7 Å². The summed E-state index contributed by atoms with van der Waals surface area (Å²) in [6.07, 6.45) is 2.43. The average Bonchev–Trinajstić information content (AvgIpc) is 2.86. The second-order valence-electron chi connectivity index (χ2n) is 5.43. The highest BCUT2D eigenvalue weighted by atomic mass is 16.6. The maximum atomic E-state index is 12.3. The number of cyclic esters (lactones) is 1. The fraction of sp³-hybridized carbons (Fsp3) is 0.412. The number of ether oxygens (including phenoxy) is 1. The molecule has 0 aliphatic carbocycles. The molecule has 1 saturated heterocycles. The highest BCUT2D eigenvalue weighted by molar-refractivity contribution is 5.93. The summed E-state index contributed by atoms with van der Waals surface area (Å²) < 4.78 is 5.05. The lowest BCUT2D eigenvalue weighted by molar-refractivity contribution is -0.129. The van der Waals surface area contributed by atoms with Gasteiger partial charge in [0, 0.05) is 6.42 Å². The SMILES string of the molecule is C=C(C)CCCCC(=O)N1C(=O)OC[C@@H]1c1ccccc1. The van der Waals surface area contributed by atoms with Gasteiger partial charge in [-0.25, -0.2) is 9.69 Å². The van der Waals surface area contributed by atoms with Gasteiger partial charge in [0.05, 0.1) is 0 Å². The third-order valence-electron chi connectivity index (χ3n) is 3.57. The lowest BCUT2D eigenvalue weighted by Gasteiger charge is -2.19. The van der Waals surface area contributed by atoms with Gasteiger partial charge >= 0.3 is 6.09 Å². The Labute approximate surface area is 125 Å². The van der Waals surface area contributed by atoms with Crippen LogP contribution in [-0.4, -0.2) is 23.5 Å². The molecule has 21 heavy (non-hydrogen) atoms. The molecule has 1 aliphatic rings. The molecular weight excluding hydrogens is 266 g/mol. The van der Waals surface area contributed by atoms with Crippen LogP contribution >= 0.6 is 0 Å². The number of imide groups is 1. The summed E-state index contributed by atoms with van der Waals surface area (Å²) in [7, 11) is 0. The number of carbonyl (C=O) groups excluding carboxylic acids is 2. The van der Waals surface area contributed by atoms with Crippen molar-refractivity contribution in [3.63, 3.8) is 0 Å². The zero-order chi connectivity index (χ0) is 15.2. The highest BCUT2D eigenvalue weighted by Gasteiger charge is 2.38. The normalized spacial score (nSPS) is 17.7. The molecule has 0 bridgehead atoms. The van der Waals surface area contributed by atoms with Crippen LogP contribution in [0.3, 0.4) is 0 Å². The fourth-order valence-corrected chi connectivity index (χ4v) is 2.44. The van der Waals surface area contributed by atoms with Gasteiger partial charge < -0.3 is 4.74 Å². The minimum Gasteiger partial charge on any atom is -0.446 e. The highest BCUT2D eigenvalue weighted by Crippen LogP contribution is 2.28. The van der Waals surface area contributed by atoms with Crippen molar-refractivity contribution in [2.45, 2.75) is 38.6 Å². The largest absolute Gasteiger partial charge is 0.446 e. The van der Waals surface area contributed by atoms with E-state index in [2.05, 4.69) is 6.58 Å². The third kappa shape index (κ3) is 3.94. The molecule has 0 saturated carbocycles. The molecule has 0 radical (unpaired) electrons. The van der Waals surface area contributed by atoms with Crippen LogP contribution in [-0.2, 0) is 9.53 Å². The van der Waals surface area contributed by atoms with Crippen LogP contribution in [0.5, 0.6) is 0 Å². The Morgan fingerprint density at radius 2 is 1.95 bits per heavy atom. The lowest BCUT2D eigenvalue weighted by Crippen LogP contribution is -2.34. The van der Waals surface area contributed by atoms with Crippen LogP contribution < -0.4 is 0 Å². The summed E-state index contributed by atoms with van der Waals surface area (Å²) in [5, 5.41) is 0. The van der Waals surface area contributed by atoms with E-state index in [0.717, 1.165) is 30.4 Å². The Hall–Kier alpha value is -2.10. The van der Waals surface area contributed by atoms with E-state index >= 15 is 0 Å². The van der Waals surface area contributed by atoms with E-state index in [1.807, 2.05) is 37.3 Å². The molecule has 1 fully saturated rings. The number of amides is 2. The molecule has 0 spiro atoms. The Bertz CT molecular complexity index is 524. The topological polar surface area (TPSA) is 46.6 Å². The molecule has 1 heterocycles. The molecule has 2 rings (SSSR count). The first kappa shape index (κ1) is 15.3. The number of rotatable bonds is 6. The van der Waals surface area contributed by atoms with Gasteiger partial charge in [-0.2, -0.15) is 0 Å². The molecule has 112 valence electrons. The molecule has 4 nitrogen and oxygen atoms in total. The van der Waals surface area contributed by atoms with Gasteiger partial charge in [-0.3, -0.25) is 4.79 Å². The number of unbranched alkanes of at least 4 members (excludes halogenated alkanes) is 1. The maximum Gasteiger partial charge on any atom is 0.417 e.